The largest absolute Gasteiger partial charge is 0.420 e. The number of oxazole rings is 1. The van der Waals surface area contributed by atoms with Crippen LogP contribution >= 0.6 is 11.6 Å². The summed E-state index contributed by atoms with van der Waals surface area (Å²) in [6.07, 6.45) is 0. The highest BCUT2D eigenvalue weighted by atomic mass is 35.5. The molecule has 3 rings (SSSR count). The van der Waals surface area contributed by atoms with Crippen LogP contribution in [0.15, 0.2) is 27.4 Å². The van der Waals surface area contributed by atoms with Crippen molar-refractivity contribution in [2.24, 2.45) is 0 Å². The second-order valence-electron chi connectivity index (χ2n) is 4.56. The third-order valence-electron chi connectivity index (χ3n) is 3.29. The van der Waals surface area contributed by atoms with Crippen LogP contribution in [0.5, 0.6) is 0 Å². The topological polar surface area (TPSA) is 64.7 Å². The lowest BCUT2D eigenvalue weighted by Crippen LogP contribution is -2.43. The molecule has 0 N–H and O–H groups in total. The third-order valence-corrected chi connectivity index (χ3v) is 3.52. The molecule has 1 amide bonds. The number of hydrogen-bond acceptors (Lipinski definition) is 4. The second-order valence-corrected chi connectivity index (χ2v) is 5.00. The van der Waals surface area contributed by atoms with Gasteiger partial charge in [-0.1, -0.05) is 11.6 Å². The Morgan fingerprint density at radius 3 is 2.80 bits per heavy atom. The summed E-state index contributed by atoms with van der Waals surface area (Å²) < 4.78 is 11.6. The van der Waals surface area contributed by atoms with Crippen LogP contribution in [0.4, 0.5) is 0 Å². The number of benzene rings is 1. The van der Waals surface area contributed by atoms with Gasteiger partial charge in [-0.25, -0.2) is 4.79 Å². The van der Waals surface area contributed by atoms with Gasteiger partial charge in [0.1, 0.15) is 6.54 Å². The first-order chi connectivity index (χ1) is 9.65. The van der Waals surface area contributed by atoms with Gasteiger partial charge in [-0.2, -0.15) is 0 Å². The first-order valence-corrected chi connectivity index (χ1v) is 6.67. The maximum Gasteiger partial charge on any atom is 0.420 e. The lowest BCUT2D eigenvalue weighted by Gasteiger charge is -2.26. The zero-order valence-corrected chi connectivity index (χ0v) is 11.4. The van der Waals surface area contributed by atoms with Crippen molar-refractivity contribution in [3.8, 4) is 0 Å². The Hall–Kier alpha value is -1.79. The summed E-state index contributed by atoms with van der Waals surface area (Å²) in [5.41, 5.74) is 0.957. The molecular formula is C13H13ClN2O4. The van der Waals surface area contributed by atoms with Crippen molar-refractivity contribution < 1.29 is 13.9 Å². The molecule has 7 heteroatoms. The van der Waals surface area contributed by atoms with Gasteiger partial charge >= 0.3 is 5.76 Å². The Morgan fingerprint density at radius 2 is 2.05 bits per heavy atom. The van der Waals surface area contributed by atoms with Gasteiger partial charge in [-0.3, -0.25) is 9.36 Å². The average molecular weight is 297 g/mol. The van der Waals surface area contributed by atoms with E-state index in [0.717, 1.165) is 0 Å². The fourth-order valence-electron chi connectivity index (χ4n) is 2.24. The number of fused-ring (bicyclic) bond motifs is 1. The molecule has 1 fully saturated rings. The van der Waals surface area contributed by atoms with Gasteiger partial charge < -0.3 is 14.1 Å². The van der Waals surface area contributed by atoms with E-state index in [0.29, 0.717) is 42.4 Å². The summed E-state index contributed by atoms with van der Waals surface area (Å²) in [4.78, 5) is 25.7. The lowest BCUT2D eigenvalue weighted by atomic mass is 10.3. The predicted molar refractivity (Wildman–Crippen MR) is 72.9 cm³/mol. The molecule has 1 aliphatic heterocycles. The highest BCUT2D eigenvalue weighted by Crippen LogP contribution is 2.18. The molecule has 1 aliphatic rings. The van der Waals surface area contributed by atoms with Crippen LogP contribution in [0.1, 0.15) is 0 Å². The van der Waals surface area contributed by atoms with Gasteiger partial charge in [0.15, 0.2) is 5.58 Å². The zero-order valence-electron chi connectivity index (χ0n) is 10.7. The number of carbonyl (C=O) groups is 1. The number of nitrogens with zero attached hydrogens (tertiary/aromatic N) is 2. The molecular weight excluding hydrogens is 284 g/mol. The van der Waals surface area contributed by atoms with Crippen molar-refractivity contribution in [2.75, 3.05) is 26.3 Å². The summed E-state index contributed by atoms with van der Waals surface area (Å²) in [6.45, 7) is 2.13. The van der Waals surface area contributed by atoms with Crippen LogP contribution in [0.2, 0.25) is 5.02 Å². The van der Waals surface area contributed by atoms with Gasteiger partial charge in [0.25, 0.3) is 0 Å². The van der Waals surface area contributed by atoms with Gasteiger partial charge in [-0.15, -0.1) is 0 Å². The Balaban J connectivity index is 1.88. The molecule has 1 aromatic carbocycles. The molecule has 6 nitrogen and oxygen atoms in total. The van der Waals surface area contributed by atoms with Gasteiger partial charge in [0.05, 0.1) is 18.7 Å². The number of ether oxygens (including phenoxy) is 1. The van der Waals surface area contributed by atoms with Crippen LogP contribution in [0, 0.1) is 0 Å². The Bertz CT molecular complexity index is 700. The van der Waals surface area contributed by atoms with Crippen LogP contribution < -0.4 is 5.76 Å². The summed E-state index contributed by atoms with van der Waals surface area (Å²) in [7, 11) is 0. The Morgan fingerprint density at radius 1 is 1.30 bits per heavy atom. The van der Waals surface area contributed by atoms with Crippen LogP contribution in [-0.4, -0.2) is 41.7 Å². The van der Waals surface area contributed by atoms with Crippen molar-refractivity contribution in [3.05, 3.63) is 33.8 Å². The van der Waals surface area contributed by atoms with E-state index in [1.807, 2.05) is 0 Å². The number of halogens is 1. The lowest BCUT2D eigenvalue weighted by molar-refractivity contribution is -0.135. The van der Waals surface area contributed by atoms with Crippen LogP contribution in [-0.2, 0) is 16.1 Å². The first kappa shape index (κ1) is 13.2. The molecule has 1 aromatic heterocycles. The fourth-order valence-corrected chi connectivity index (χ4v) is 2.40. The highest BCUT2D eigenvalue weighted by Gasteiger charge is 2.19. The number of amides is 1. The van der Waals surface area contributed by atoms with E-state index in [4.69, 9.17) is 20.8 Å². The quantitative estimate of drug-likeness (QED) is 0.832. The first-order valence-electron chi connectivity index (χ1n) is 6.29. The van der Waals surface area contributed by atoms with Gasteiger partial charge in [0, 0.05) is 24.2 Å². The fraction of sp³-hybridized carbons (Fsp3) is 0.385. The number of rotatable bonds is 2. The normalized spacial score (nSPS) is 15.8. The third kappa shape index (κ3) is 2.44. The molecule has 2 heterocycles. The molecule has 2 aromatic rings. The van der Waals surface area contributed by atoms with Crippen molar-refractivity contribution in [1.82, 2.24) is 9.47 Å². The maximum absolute atomic E-state index is 12.2. The predicted octanol–water partition coefficient (Wildman–Crippen LogP) is 1.11. The molecule has 0 atom stereocenters. The molecule has 0 radical (unpaired) electrons. The molecule has 20 heavy (non-hydrogen) atoms. The van der Waals surface area contributed by atoms with Crippen molar-refractivity contribution >= 4 is 28.6 Å². The summed E-state index contributed by atoms with van der Waals surface area (Å²) in [6, 6.07) is 4.90. The van der Waals surface area contributed by atoms with Gasteiger partial charge in [-0.05, 0) is 12.1 Å². The minimum Gasteiger partial charge on any atom is -0.408 e. The Labute approximate surface area is 119 Å². The van der Waals surface area contributed by atoms with E-state index >= 15 is 0 Å². The number of carbonyl (C=O) groups excluding carboxylic acids is 1. The van der Waals surface area contributed by atoms with Crippen LogP contribution in [0.3, 0.4) is 0 Å². The number of aromatic nitrogens is 1. The van der Waals surface area contributed by atoms with E-state index in [-0.39, 0.29) is 12.5 Å². The molecule has 106 valence electrons. The monoisotopic (exact) mass is 296 g/mol. The van der Waals surface area contributed by atoms with E-state index in [9.17, 15) is 9.59 Å². The SMILES string of the molecule is O=C(Cn1c(=O)oc2cc(Cl)ccc21)N1CCOCC1. The minimum absolute atomic E-state index is 0.0343. The smallest absolute Gasteiger partial charge is 0.408 e. The van der Waals surface area contributed by atoms with E-state index in [2.05, 4.69) is 0 Å². The zero-order chi connectivity index (χ0) is 14.1. The molecule has 0 spiro atoms. The summed E-state index contributed by atoms with van der Waals surface area (Å²) in [5, 5.41) is 0.484. The second kappa shape index (κ2) is 5.30. The summed E-state index contributed by atoms with van der Waals surface area (Å²) in [5.74, 6) is -0.670. The Kier molecular flexibility index (Phi) is 3.50. The molecule has 0 aliphatic carbocycles. The molecule has 1 saturated heterocycles. The van der Waals surface area contributed by atoms with Crippen LogP contribution in [0.25, 0.3) is 11.1 Å². The number of hydrogen-bond donors (Lipinski definition) is 0. The highest BCUT2D eigenvalue weighted by molar-refractivity contribution is 6.31. The van der Waals surface area contributed by atoms with Crippen molar-refractivity contribution in [3.63, 3.8) is 0 Å². The van der Waals surface area contributed by atoms with Crippen molar-refractivity contribution in [2.45, 2.75) is 6.54 Å². The number of morpholine rings is 1. The average Bonchev–Trinajstić information content (AvgIpc) is 2.75. The molecule has 0 unspecified atom stereocenters. The summed E-state index contributed by atoms with van der Waals surface area (Å²) >= 11 is 5.85. The van der Waals surface area contributed by atoms with E-state index in [1.54, 1.807) is 23.1 Å². The van der Waals surface area contributed by atoms with E-state index < -0.39 is 5.76 Å². The van der Waals surface area contributed by atoms with Crippen molar-refractivity contribution in [1.29, 1.82) is 0 Å². The minimum atomic E-state index is -0.552. The maximum atomic E-state index is 12.2. The molecule has 0 saturated carbocycles. The molecule has 0 bridgehead atoms. The standard InChI is InChI=1S/C13H13ClN2O4/c14-9-1-2-10-11(7-9)20-13(18)16(10)8-12(17)15-3-5-19-6-4-15/h1-2,7H,3-6,8H2. The van der Waals surface area contributed by atoms with Gasteiger partial charge in [0.2, 0.25) is 5.91 Å². The van der Waals surface area contributed by atoms with E-state index in [1.165, 1.54) is 4.57 Å².